The maximum atomic E-state index is 13.2. The summed E-state index contributed by atoms with van der Waals surface area (Å²) in [4.78, 5) is 3.96. The van der Waals surface area contributed by atoms with Gasteiger partial charge in [-0.2, -0.15) is 0 Å². The van der Waals surface area contributed by atoms with E-state index in [9.17, 15) is 8.78 Å². The number of anilines is 1. The molecular weight excluding hydrogens is 216 g/mol. The van der Waals surface area contributed by atoms with E-state index in [2.05, 4.69) is 10.3 Å². The quantitative estimate of drug-likeness (QED) is 0.812. The van der Waals surface area contributed by atoms with Crippen LogP contribution >= 0.6 is 0 Å². The number of hydrogen-bond acceptors (Lipinski definition) is 4. The molecule has 4 nitrogen and oxygen atoms in total. The topological polar surface area (TPSA) is 59.6 Å². The number of halogens is 2. The van der Waals surface area contributed by atoms with E-state index in [4.69, 9.17) is 10.5 Å². The van der Waals surface area contributed by atoms with Crippen molar-refractivity contribution in [2.75, 3.05) is 18.5 Å². The molecule has 0 saturated carbocycles. The van der Waals surface area contributed by atoms with Crippen LogP contribution in [0, 0.1) is 11.6 Å². The van der Waals surface area contributed by atoms with Crippen molar-refractivity contribution in [1.82, 2.24) is 0 Å². The normalized spacial score (nSPS) is 19.1. The number of rotatable bonds is 3. The SMILES string of the molecule is NC1=NC(CNc2ccc(F)cc2F)CO1. The molecule has 0 bridgehead atoms. The first-order valence-corrected chi connectivity index (χ1v) is 4.80. The summed E-state index contributed by atoms with van der Waals surface area (Å²) in [6.07, 6.45) is 0. The van der Waals surface area contributed by atoms with E-state index in [1.807, 2.05) is 0 Å². The summed E-state index contributed by atoms with van der Waals surface area (Å²) in [7, 11) is 0. The number of nitrogens with one attached hydrogen (secondary N) is 1. The predicted octanol–water partition coefficient (Wildman–Crippen LogP) is 1.09. The Morgan fingerprint density at radius 1 is 1.50 bits per heavy atom. The summed E-state index contributed by atoms with van der Waals surface area (Å²) >= 11 is 0. The molecule has 1 aliphatic heterocycles. The highest BCUT2D eigenvalue weighted by atomic mass is 19.1. The number of hydrogen-bond donors (Lipinski definition) is 2. The van der Waals surface area contributed by atoms with Crippen LogP contribution in [0.15, 0.2) is 23.2 Å². The van der Waals surface area contributed by atoms with Gasteiger partial charge in [-0.05, 0) is 12.1 Å². The Morgan fingerprint density at radius 3 is 2.94 bits per heavy atom. The molecule has 16 heavy (non-hydrogen) atoms. The van der Waals surface area contributed by atoms with Crippen LogP contribution in [0.1, 0.15) is 0 Å². The zero-order valence-corrected chi connectivity index (χ0v) is 8.41. The third-order valence-electron chi connectivity index (χ3n) is 2.19. The van der Waals surface area contributed by atoms with Crippen LogP contribution in [0.4, 0.5) is 14.5 Å². The van der Waals surface area contributed by atoms with Gasteiger partial charge in [0, 0.05) is 12.6 Å². The first kappa shape index (κ1) is 10.7. The van der Waals surface area contributed by atoms with Gasteiger partial charge >= 0.3 is 0 Å². The van der Waals surface area contributed by atoms with E-state index < -0.39 is 11.6 Å². The molecule has 0 aromatic heterocycles. The fourth-order valence-corrected chi connectivity index (χ4v) is 1.40. The first-order chi connectivity index (χ1) is 7.65. The van der Waals surface area contributed by atoms with Crippen molar-refractivity contribution in [2.24, 2.45) is 10.7 Å². The largest absolute Gasteiger partial charge is 0.463 e. The molecule has 0 fully saturated rings. The molecule has 1 heterocycles. The Labute approximate surface area is 91.1 Å². The second-order valence-corrected chi connectivity index (χ2v) is 3.44. The van der Waals surface area contributed by atoms with Crippen LogP contribution in [0.5, 0.6) is 0 Å². The van der Waals surface area contributed by atoms with Crippen LogP contribution in [0.3, 0.4) is 0 Å². The molecule has 0 amide bonds. The number of nitrogens with zero attached hydrogens (tertiary/aromatic N) is 1. The van der Waals surface area contributed by atoms with E-state index >= 15 is 0 Å². The van der Waals surface area contributed by atoms with Crippen molar-refractivity contribution < 1.29 is 13.5 Å². The van der Waals surface area contributed by atoms with Gasteiger partial charge in [0.1, 0.15) is 24.3 Å². The van der Waals surface area contributed by atoms with Crippen molar-refractivity contribution in [3.05, 3.63) is 29.8 Å². The van der Waals surface area contributed by atoms with Gasteiger partial charge in [0.2, 0.25) is 0 Å². The van der Waals surface area contributed by atoms with E-state index in [1.54, 1.807) is 0 Å². The Morgan fingerprint density at radius 2 is 2.31 bits per heavy atom. The lowest BCUT2D eigenvalue weighted by atomic mass is 10.2. The van der Waals surface area contributed by atoms with Crippen LogP contribution in [0.2, 0.25) is 0 Å². The summed E-state index contributed by atoms with van der Waals surface area (Å²) in [5.41, 5.74) is 5.56. The predicted molar refractivity (Wildman–Crippen MR) is 56.2 cm³/mol. The maximum Gasteiger partial charge on any atom is 0.282 e. The third kappa shape index (κ3) is 2.39. The lowest BCUT2D eigenvalue weighted by molar-refractivity contribution is 0.316. The van der Waals surface area contributed by atoms with E-state index in [0.29, 0.717) is 13.2 Å². The fraction of sp³-hybridized carbons (Fsp3) is 0.300. The van der Waals surface area contributed by atoms with E-state index in [0.717, 1.165) is 6.07 Å². The second kappa shape index (κ2) is 4.34. The molecule has 3 N–H and O–H groups in total. The number of amidine groups is 1. The van der Waals surface area contributed by atoms with Gasteiger partial charge in [0.25, 0.3) is 6.02 Å². The molecule has 2 rings (SSSR count). The van der Waals surface area contributed by atoms with E-state index in [-0.39, 0.29) is 17.8 Å². The Balaban J connectivity index is 1.95. The average molecular weight is 227 g/mol. The summed E-state index contributed by atoms with van der Waals surface area (Å²) in [5, 5.41) is 2.82. The number of ether oxygens (including phenoxy) is 1. The van der Waals surface area contributed by atoms with Crippen LogP contribution < -0.4 is 11.1 Å². The minimum absolute atomic E-state index is 0.135. The number of aliphatic imine (C=N–C) groups is 1. The standard InChI is InChI=1S/C10H11F2N3O/c11-6-1-2-9(8(12)3-6)14-4-7-5-16-10(13)15-7/h1-3,7,14H,4-5H2,(H2,13,15). The number of nitrogens with two attached hydrogens (primary N) is 1. The molecule has 0 saturated heterocycles. The lowest BCUT2D eigenvalue weighted by Gasteiger charge is -2.09. The summed E-state index contributed by atoms with van der Waals surface area (Å²) < 4.78 is 30.8. The molecule has 6 heteroatoms. The molecule has 1 aromatic rings. The first-order valence-electron chi connectivity index (χ1n) is 4.80. The van der Waals surface area contributed by atoms with Gasteiger partial charge in [-0.1, -0.05) is 0 Å². The van der Waals surface area contributed by atoms with Gasteiger partial charge < -0.3 is 15.8 Å². The molecule has 1 aromatic carbocycles. The van der Waals surface area contributed by atoms with Crippen molar-refractivity contribution in [3.63, 3.8) is 0 Å². The molecule has 86 valence electrons. The van der Waals surface area contributed by atoms with E-state index in [1.165, 1.54) is 12.1 Å². The zero-order chi connectivity index (χ0) is 11.5. The molecule has 1 aliphatic rings. The molecular formula is C10H11F2N3O. The Bertz CT molecular complexity index is 423. The highest BCUT2D eigenvalue weighted by Crippen LogP contribution is 2.15. The monoisotopic (exact) mass is 227 g/mol. The summed E-state index contributed by atoms with van der Waals surface area (Å²) in [5.74, 6) is -1.23. The Hall–Kier alpha value is -1.85. The molecule has 1 unspecified atom stereocenters. The van der Waals surface area contributed by atoms with Crippen molar-refractivity contribution >= 4 is 11.7 Å². The van der Waals surface area contributed by atoms with Crippen LogP contribution in [-0.2, 0) is 4.74 Å². The van der Waals surface area contributed by atoms with Gasteiger partial charge in [-0.3, -0.25) is 0 Å². The Kier molecular flexibility index (Phi) is 2.89. The summed E-state index contributed by atoms with van der Waals surface area (Å²) in [6, 6.07) is 3.36. The second-order valence-electron chi connectivity index (χ2n) is 3.44. The van der Waals surface area contributed by atoms with Crippen LogP contribution in [-0.4, -0.2) is 25.2 Å². The van der Waals surface area contributed by atoms with Gasteiger partial charge in [-0.15, -0.1) is 0 Å². The summed E-state index contributed by atoms with van der Waals surface area (Å²) in [6.45, 7) is 0.769. The van der Waals surface area contributed by atoms with Crippen molar-refractivity contribution in [3.8, 4) is 0 Å². The highest BCUT2D eigenvalue weighted by molar-refractivity contribution is 5.73. The smallest absolute Gasteiger partial charge is 0.282 e. The average Bonchev–Trinajstić information content (AvgIpc) is 2.63. The maximum absolute atomic E-state index is 13.2. The van der Waals surface area contributed by atoms with Crippen molar-refractivity contribution in [2.45, 2.75) is 6.04 Å². The molecule has 0 spiro atoms. The zero-order valence-electron chi connectivity index (χ0n) is 8.41. The van der Waals surface area contributed by atoms with Gasteiger partial charge in [0.15, 0.2) is 0 Å². The van der Waals surface area contributed by atoms with Crippen molar-refractivity contribution in [1.29, 1.82) is 0 Å². The third-order valence-corrected chi connectivity index (χ3v) is 2.19. The lowest BCUT2D eigenvalue weighted by Crippen LogP contribution is -2.19. The minimum Gasteiger partial charge on any atom is -0.463 e. The number of benzene rings is 1. The molecule has 0 radical (unpaired) electrons. The minimum atomic E-state index is -0.629. The van der Waals surface area contributed by atoms with Gasteiger partial charge in [0.05, 0.1) is 5.69 Å². The van der Waals surface area contributed by atoms with Gasteiger partial charge in [-0.25, -0.2) is 13.8 Å². The highest BCUT2D eigenvalue weighted by Gasteiger charge is 2.16. The molecule has 0 aliphatic carbocycles. The van der Waals surface area contributed by atoms with Crippen LogP contribution in [0.25, 0.3) is 0 Å². The fourth-order valence-electron chi connectivity index (χ4n) is 1.40. The molecule has 1 atom stereocenters.